The van der Waals surface area contributed by atoms with Crippen LogP contribution in [0, 0.1) is 11.7 Å². The van der Waals surface area contributed by atoms with Crippen molar-refractivity contribution in [1.29, 1.82) is 0 Å². The van der Waals surface area contributed by atoms with Crippen molar-refractivity contribution < 1.29 is 18.7 Å². The van der Waals surface area contributed by atoms with Crippen LogP contribution in [0.15, 0.2) is 36.4 Å². The highest BCUT2D eigenvalue weighted by Gasteiger charge is 2.25. The molecule has 0 spiro atoms. The van der Waals surface area contributed by atoms with E-state index in [9.17, 15) is 14.0 Å². The molecule has 1 amide bonds. The van der Waals surface area contributed by atoms with Gasteiger partial charge in [0.05, 0.1) is 5.92 Å². The van der Waals surface area contributed by atoms with Crippen LogP contribution < -0.4 is 5.32 Å². The lowest BCUT2D eigenvalue weighted by atomic mass is 9.95. The Bertz CT molecular complexity index is 556. The molecule has 1 N–H and O–H groups in total. The number of rotatable bonds is 4. The molecular weight excluding hydrogens is 273 g/mol. The van der Waals surface area contributed by atoms with Crippen molar-refractivity contribution in [1.82, 2.24) is 0 Å². The van der Waals surface area contributed by atoms with E-state index in [0.717, 1.165) is 12.8 Å². The summed E-state index contributed by atoms with van der Waals surface area (Å²) in [6.45, 7) is 1.51. The summed E-state index contributed by atoms with van der Waals surface area (Å²) >= 11 is 0. The summed E-state index contributed by atoms with van der Waals surface area (Å²) in [5, 5.41) is 2.52. The van der Waals surface area contributed by atoms with Gasteiger partial charge in [-0.2, -0.15) is 0 Å². The third-order valence-corrected chi connectivity index (χ3v) is 3.36. The highest BCUT2D eigenvalue weighted by atomic mass is 19.1. The normalized spacial score (nSPS) is 18.9. The van der Waals surface area contributed by atoms with Gasteiger partial charge in [-0.3, -0.25) is 9.59 Å². The Labute approximate surface area is 123 Å². The van der Waals surface area contributed by atoms with E-state index in [-0.39, 0.29) is 11.9 Å². The van der Waals surface area contributed by atoms with Crippen LogP contribution in [0.2, 0.25) is 0 Å². The summed E-state index contributed by atoms with van der Waals surface area (Å²) in [4.78, 5) is 23.8. The Morgan fingerprint density at radius 2 is 2.19 bits per heavy atom. The maximum absolute atomic E-state index is 13.0. The minimum Gasteiger partial charge on any atom is -0.452 e. The Balaban J connectivity index is 1.87. The number of ether oxygens (including phenoxy) is 1. The van der Waals surface area contributed by atoms with Gasteiger partial charge in [0.25, 0.3) is 5.91 Å². The molecule has 0 aliphatic heterocycles. The van der Waals surface area contributed by atoms with Gasteiger partial charge in [0.2, 0.25) is 0 Å². The summed E-state index contributed by atoms with van der Waals surface area (Å²) in [5.41, 5.74) is 0.337. The zero-order valence-electron chi connectivity index (χ0n) is 11.8. The number of halogens is 1. The van der Waals surface area contributed by atoms with Gasteiger partial charge in [-0.05, 0) is 44.4 Å². The molecule has 0 fully saturated rings. The van der Waals surface area contributed by atoms with Crippen molar-refractivity contribution >= 4 is 17.6 Å². The van der Waals surface area contributed by atoms with Crippen LogP contribution in [0.25, 0.3) is 0 Å². The molecule has 1 aliphatic carbocycles. The van der Waals surface area contributed by atoms with Crippen molar-refractivity contribution in [3.05, 3.63) is 42.2 Å². The summed E-state index contributed by atoms with van der Waals surface area (Å²) in [6, 6.07) is 5.56. The first-order valence-corrected chi connectivity index (χ1v) is 6.98. The molecule has 0 saturated carbocycles. The highest BCUT2D eigenvalue weighted by Crippen LogP contribution is 2.20. The van der Waals surface area contributed by atoms with Crippen molar-refractivity contribution in [3.8, 4) is 0 Å². The quantitative estimate of drug-likeness (QED) is 0.685. The fourth-order valence-electron chi connectivity index (χ4n) is 2.14. The molecule has 112 valence electrons. The molecule has 5 heteroatoms. The van der Waals surface area contributed by atoms with Crippen LogP contribution in [-0.4, -0.2) is 18.0 Å². The van der Waals surface area contributed by atoms with Crippen LogP contribution in [0.3, 0.4) is 0 Å². The van der Waals surface area contributed by atoms with Gasteiger partial charge >= 0.3 is 5.97 Å². The number of amides is 1. The van der Waals surface area contributed by atoms with Gasteiger partial charge in [-0.25, -0.2) is 4.39 Å². The Morgan fingerprint density at radius 3 is 2.86 bits per heavy atom. The lowest BCUT2D eigenvalue weighted by Crippen LogP contribution is -2.32. The molecule has 0 saturated heterocycles. The fourth-order valence-corrected chi connectivity index (χ4v) is 2.14. The van der Waals surface area contributed by atoms with Crippen molar-refractivity contribution in [2.45, 2.75) is 32.3 Å². The molecule has 1 aromatic carbocycles. The number of carbonyl (C=O) groups excluding carboxylic acids is 2. The molecular formula is C16H18FNO3. The standard InChI is InChI=1S/C16H18FNO3/c1-11(21-16(20)12-6-3-2-4-7-12)15(19)18-14-9-5-8-13(17)10-14/h2-3,5,8-12H,4,6-7H2,1H3,(H,18,19)/t11-,12+/m1/s1. The summed E-state index contributed by atoms with van der Waals surface area (Å²) in [7, 11) is 0. The number of benzene rings is 1. The Kier molecular flexibility index (Phi) is 5.09. The molecule has 21 heavy (non-hydrogen) atoms. The first-order valence-electron chi connectivity index (χ1n) is 6.98. The van der Waals surface area contributed by atoms with Crippen LogP contribution >= 0.6 is 0 Å². The maximum atomic E-state index is 13.0. The fraction of sp³-hybridized carbons (Fsp3) is 0.375. The number of hydrogen-bond acceptors (Lipinski definition) is 3. The zero-order valence-corrected chi connectivity index (χ0v) is 11.8. The van der Waals surface area contributed by atoms with E-state index in [1.54, 1.807) is 6.07 Å². The molecule has 0 radical (unpaired) electrons. The van der Waals surface area contributed by atoms with Crippen LogP contribution in [0.5, 0.6) is 0 Å². The number of esters is 1. The third-order valence-electron chi connectivity index (χ3n) is 3.36. The highest BCUT2D eigenvalue weighted by molar-refractivity contribution is 5.95. The molecule has 0 heterocycles. The number of allylic oxidation sites excluding steroid dienone is 2. The van der Waals surface area contributed by atoms with E-state index in [1.807, 2.05) is 12.2 Å². The van der Waals surface area contributed by atoms with Crippen molar-refractivity contribution in [2.24, 2.45) is 5.92 Å². The van der Waals surface area contributed by atoms with E-state index in [2.05, 4.69) is 5.32 Å². The summed E-state index contributed by atoms with van der Waals surface area (Å²) < 4.78 is 18.2. The van der Waals surface area contributed by atoms with E-state index in [1.165, 1.54) is 25.1 Å². The van der Waals surface area contributed by atoms with Gasteiger partial charge in [0.1, 0.15) is 5.82 Å². The van der Waals surface area contributed by atoms with Gasteiger partial charge in [-0.1, -0.05) is 18.2 Å². The molecule has 2 atom stereocenters. The average molecular weight is 291 g/mol. The molecule has 0 unspecified atom stereocenters. The van der Waals surface area contributed by atoms with E-state index in [4.69, 9.17) is 4.74 Å². The van der Waals surface area contributed by atoms with Gasteiger partial charge in [0, 0.05) is 5.69 Å². The molecule has 1 aromatic rings. The smallest absolute Gasteiger partial charge is 0.310 e. The lowest BCUT2D eigenvalue weighted by Gasteiger charge is -2.19. The van der Waals surface area contributed by atoms with Gasteiger partial charge in [-0.15, -0.1) is 0 Å². The summed E-state index contributed by atoms with van der Waals surface area (Å²) in [6.07, 6.45) is 5.32. The minimum absolute atomic E-state index is 0.181. The van der Waals surface area contributed by atoms with Crippen molar-refractivity contribution in [3.63, 3.8) is 0 Å². The first kappa shape index (κ1) is 15.2. The molecule has 1 aliphatic rings. The first-order chi connectivity index (χ1) is 10.1. The second-order valence-corrected chi connectivity index (χ2v) is 5.06. The van der Waals surface area contributed by atoms with Gasteiger partial charge < -0.3 is 10.1 Å². The largest absolute Gasteiger partial charge is 0.452 e. The van der Waals surface area contributed by atoms with Crippen molar-refractivity contribution in [2.75, 3.05) is 5.32 Å². The molecule has 0 bridgehead atoms. The molecule has 2 rings (SSSR count). The number of carbonyl (C=O) groups is 2. The summed E-state index contributed by atoms with van der Waals surface area (Å²) in [5.74, 6) is -1.45. The number of anilines is 1. The Hall–Kier alpha value is -2.17. The lowest BCUT2D eigenvalue weighted by molar-refractivity contribution is -0.157. The second kappa shape index (κ2) is 7.02. The zero-order chi connectivity index (χ0) is 15.2. The predicted octanol–water partition coefficient (Wildman–Crippen LogP) is 3.05. The maximum Gasteiger partial charge on any atom is 0.310 e. The van der Waals surface area contributed by atoms with E-state index < -0.39 is 17.8 Å². The van der Waals surface area contributed by atoms with Crippen LogP contribution in [-0.2, 0) is 14.3 Å². The van der Waals surface area contributed by atoms with Gasteiger partial charge in [0.15, 0.2) is 6.10 Å². The Morgan fingerprint density at radius 1 is 1.38 bits per heavy atom. The number of nitrogens with one attached hydrogen (secondary N) is 1. The second-order valence-electron chi connectivity index (χ2n) is 5.06. The van der Waals surface area contributed by atoms with Crippen LogP contribution in [0.1, 0.15) is 26.2 Å². The van der Waals surface area contributed by atoms with Crippen LogP contribution in [0.4, 0.5) is 10.1 Å². The van der Waals surface area contributed by atoms with E-state index >= 15 is 0 Å². The SMILES string of the molecule is C[C@@H](OC(=O)[C@H]1CC=CCC1)C(=O)Nc1cccc(F)c1. The predicted molar refractivity (Wildman–Crippen MR) is 77.1 cm³/mol. The number of hydrogen-bond donors (Lipinski definition) is 1. The minimum atomic E-state index is -0.910. The molecule has 4 nitrogen and oxygen atoms in total. The topological polar surface area (TPSA) is 55.4 Å². The monoisotopic (exact) mass is 291 g/mol. The third kappa shape index (κ3) is 4.41. The molecule has 0 aromatic heterocycles. The van der Waals surface area contributed by atoms with E-state index in [0.29, 0.717) is 12.1 Å². The average Bonchev–Trinajstić information content (AvgIpc) is 2.48.